The standard InChI is InChI=1S/C12H15N3O2/c1-8(10-5-6-13-15-10)14-9-3-4-12(17-2)11(16)7-9/h3-8,14,16H,1-2H3,(H,13,15). The van der Waals surface area contributed by atoms with Gasteiger partial charge in [0.05, 0.1) is 18.8 Å². The first-order valence-electron chi connectivity index (χ1n) is 5.33. The summed E-state index contributed by atoms with van der Waals surface area (Å²) in [5.74, 6) is 0.582. The highest BCUT2D eigenvalue weighted by Gasteiger charge is 2.08. The Balaban J connectivity index is 2.11. The molecule has 0 radical (unpaired) electrons. The third-order valence-electron chi connectivity index (χ3n) is 2.55. The quantitative estimate of drug-likeness (QED) is 0.757. The van der Waals surface area contributed by atoms with Gasteiger partial charge in [-0.05, 0) is 25.1 Å². The number of aromatic hydroxyl groups is 1. The molecule has 1 unspecified atom stereocenters. The number of hydrogen-bond acceptors (Lipinski definition) is 4. The molecule has 1 aromatic heterocycles. The van der Waals surface area contributed by atoms with Crippen LogP contribution in [0.5, 0.6) is 11.5 Å². The van der Waals surface area contributed by atoms with Gasteiger partial charge in [0.25, 0.3) is 0 Å². The minimum absolute atomic E-state index is 0.0882. The van der Waals surface area contributed by atoms with Crippen LogP contribution in [-0.2, 0) is 0 Å². The number of H-pyrrole nitrogens is 1. The lowest BCUT2D eigenvalue weighted by molar-refractivity contribution is 0.373. The molecule has 0 spiro atoms. The maximum absolute atomic E-state index is 9.65. The third kappa shape index (κ3) is 2.50. The molecule has 0 aliphatic carbocycles. The Morgan fingerprint density at radius 2 is 2.24 bits per heavy atom. The van der Waals surface area contributed by atoms with Crippen molar-refractivity contribution in [3.05, 3.63) is 36.2 Å². The number of aromatic nitrogens is 2. The molecule has 2 aromatic rings. The monoisotopic (exact) mass is 233 g/mol. The predicted octanol–water partition coefficient (Wildman–Crippen LogP) is 2.30. The summed E-state index contributed by atoms with van der Waals surface area (Å²) < 4.78 is 4.98. The SMILES string of the molecule is COc1ccc(NC(C)c2ccn[nH]2)cc1O. The van der Waals surface area contributed by atoms with Gasteiger partial charge in [0.1, 0.15) is 0 Å². The number of phenols is 1. The molecule has 1 atom stereocenters. The van der Waals surface area contributed by atoms with Gasteiger partial charge in [0.2, 0.25) is 0 Å². The number of nitrogens with one attached hydrogen (secondary N) is 2. The van der Waals surface area contributed by atoms with Gasteiger partial charge >= 0.3 is 0 Å². The second-order valence-electron chi connectivity index (χ2n) is 3.76. The maximum Gasteiger partial charge on any atom is 0.160 e. The molecule has 0 aliphatic rings. The molecule has 0 saturated heterocycles. The summed E-state index contributed by atoms with van der Waals surface area (Å²) in [6, 6.07) is 7.19. The van der Waals surface area contributed by atoms with Gasteiger partial charge in [-0.15, -0.1) is 0 Å². The summed E-state index contributed by atoms with van der Waals surface area (Å²) in [7, 11) is 1.52. The Labute approximate surface area is 99.4 Å². The van der Waals surface area contributed by atoms with E-state index in [2.05, 4.69) is 15.5 Å². The Kier molecular flexibility index (Phi) is 3.18. The van der Waals surface area contributed by atoms with Crippen LogP contribution in [0.2, 0.25) is 0 Å². The third-order valence-corrected chi connectivity index (χ3v) is 2.55. The van der Waals surface area contributed by atoms with Crippen molar-refractivity contribution in [3.63, 3.8) is 0 Å². The molecule has 1 aromatic carbocycles. The summed E-state index contributed by atoms with van der Waals surface area (Å²) in [6.45, 7) is 2.01. The molecule has 5 heteroatoms. The van der Waals surface area contributed by atoms with Crippen molar-refractivity contribution in [2.45, 2.75) is 13.0 Å². The highest BCUT2D eigenvalue weighted by Crippen LogP contribution is 2.29. The van der Waals surface area contributed by atoms with E-state index in [9.17, 15) is 5.11 Å². The molecule has 0 saturated carbocycles. The van der Waals surface area contributed by atoms with Crippen molar-refractivity contribution in [1.82, 2.24) is 10.2 Å². The summed E-state index contributed by atoms with van der Waals surface area (Å²) in [6.07, 6.45) is 1.71. The van der Waals surface area contributed by atoms with Crippen LogP contribution in [-0.4, -0.2) is 22.4 Å². The molecule has 0 fully saturated rings. The van der Waals surface area contributed by atoms with Crippen molar-refractivity contribution >= 4 is 5.69 Å². The van der Waals surface area contributed by atoms with Crippen molar-refractivity contribution in [1.29, 1.82) is 0 Å². The van der Waals surface area contributed by atoms with Crippen LogP contribution in [0.15, 0.2) is 30.5 Å². The Morgan fingerprint density at radius 3 is 2.82 bits per heavy atom. The maximum atomic E-state index is 9.65. The minimum Gasteiger partial charge on any atom is -0.504 e. The predicted molar refractivity (Wildman–Crippen MR) is 65.3 cm³/mol. The van der Waals surface area contributed by atoms with Gasteiger partial charge in [-0.1, -0.05) is 0 Å². The highest BCUT2D eigenvalue weighted by molar-refractivity contribution is 5.54. The van der Waals surface area contributed by atoms with Gasteiger partial charge in [-0.2, -0.15) is 5.10 Å². The molecule has 0 bridgehead atoms. The van der Waals surface area contributed by atoms with E-state index < -0.39 is 0 Å². The van der Waals surface area contributed by atoms with E-state index in [4.69, 9.17) is 4.74 Å². The van der Waals surface area contributed by atoms with E-state index in [1.807, 2.05) is 19.1 Å². The van der Waals surface area contributed by atoms with E-state index in [0.29, 0.717) is 5.75 Å². The molecule has 5 nitrogen and oxygen atoms in total. The zero-order chi connectivity index (χ0) is 12.3. The van der Waals surface area contributed by atoms with Gasteiger partial charge in [-0.25, -0.2) is 0 Å². The molecule has 17 heavy (non-hydrogen) atoms. The Hall–Kier alpha value is -2.17. The van der Waals surface area contributed by atoms with Gasteiger partial charge < -0.3 is 15.2 Å². The second-order valence-corrected chi connectivity index (χ2v) is 3.76. The largest absolute Gasteiger partial charge is 0.504 e. The van der Waals surface area contributed by atoms with Gasteiger partial charge in [0.15, 0.2) is 11.5 Å². The number of aromatic amines is 1. The first kappa shape index (κ1) is 11.3. The summed E-state index contributed by atoms with van der Waals surface area (Å²) in [4.78, 5) is 0. The van der Waals surface area contributed by atoms with Crippen LogP contribution in [0, 0.1) is 0 Å². The summed E-state index contributed by atoms with van der Waals surface area (Å²) in [5.41, 5.74) is 1.81. The van der Waals surface area contributed by atoms with E-state index in [1.54, 1.807) is 18.3 Å². The Morgan fingerprint density at radius 1 is 1.41 bits per heavy atom. The van der Waals surface area contributed by atoms with Gasteiger partial charge in [0, 0.05) is 18.0 Å². The average Bonchev–Trinajstić information content (AvgIpc) is 2.82. The van der Waals surface area contributed by atoms with Crippen LogP contribution in [0.25, 0.3) is 0 Å². The number of rotatable bonds is 4. The Bertz CT molecular complexity index is 483. The van der Waals surface area contributed by atoms with Crippen molar-refractivity contribution in [2.24, 2.45) is 0 Å². The molecule has 3 N–H and O–H groups in total. The molecule has 0 amide bonds. The zero-order valence-corrected chi connectivity index (χ0v) is 9.77. The van der Waals surface area contributed by atoms with Crippen LogP contribution < -0.4 is 10.1 Å². The van der Waals surface area contributed by atoms with E-state index in [0.717, 1.165) is 11.4 Å². The minimum atomic E-state index is 0.0882. The fourth-order valence-corrected chi connectivity index (χ4v) is 1.62. The molecular weight excluding hydrogens is 218 g/mol. The summed E-state index contributed by atoms with van der Waals surface area (Å²) in [5, 5.41) is 19.7. The lowest BCUT2D eigenvalue weighted by Gasteiger charge is -2.14. The molecule has 1 heterocycles. The fraction of sp³-hybridized carbons (Fsp3) is 0.250. The number of phenolic OH excluding ortho intramolecular Hbond substituents is 1. The number of benzene rings is 1. The number of hydrogen-bond donors (Lipinski definition) is 3. The lowest BCUT2D eigenvalue weighted by atomic mass is 10.2. The number of nitrogens with zero attached hydrogens (tertiary/aromatic N) is 1. The number of anilines is 1. The fourth-order valence-electron chi connectivity index (χ4n) is 1.62. The second kappa shape index (κ2) is 4.78. The number of methoxy groups -OCH3 is 1. The molecule has 0 aliphatic heterocycles. The van der Waals surface area contributed by atoms with E-state index >= 15 is 0 Å². The van der Waals surface area contributed by atoms with Crippen LogP contribution >= 0.6 is 0 Å². The topological polar surface area (TPSA) is 70.2 Å². The normalized spacial score (nSPS) is 12.1. The number of ether oxygens (including phenoxy) is 1. The molecule has 90 valence electrons. The molecule has 2 rings (SSSR count). The lowest BCUT2D eigenvalue weighted by Crippen LogP contribution is -2.06. The van der Waals surface area contributed by atoms with Crippen molar-refractivity contribution in [3.8, 4) is 11.5 Å². The summed E-state index contributed by atoms with van der Waals surface area (Å²) >= 11 is 0. The van der Waals surface area contributed by atoms with Crippen LogP contribution in [0.1, 0.15) is 18.7 Å². The smallest absolute Gasteiger partial charge is 0.160 e. The first-order chi connectivity index (χ1) is 8.20. The van der Waals surface area contributed by atoms with E-state index in [-0.39, 0.29) is 11.8 Å². The zero-order valence-electron chi connectivity index (χ0n) is 9.77. The average molecular weight is 233 g/mol. The van der Waals surface area contributed by atoms with Crippen LogP contribution in [0.4, 0.5) is 5.69 Å². The van der Waals surface area contributed by atoms with E-state index in [1.165, 1.54) is 7.11 Å². The van der Waals surface area contributed by atoms with Crippen LogP contribution in [0.3, 0.4) is 0 Å². The van der Waals surface area contributed by atoms with Crippen molar-refractivity contribution < 1.29 is 9.84 Å². The highest BCUT2D eigenvalue weighted by atomic mass is 16.5. The van der Waals surface area contributed by atoms with Crippen molar-refractivity contribution in [2.75, 3.05) is 12.4 Å². The molecular formula is C12H15N3O2. The first-order valence-corrected chi connectivity index (χ1v) is 5.33. The van der Waals surface area contributed by atoms with Gasteiger partial charge in [-0.3, -0.25) is 5.10 Å².